The molecular weight excluding hydrogens is 348 g/mol. The van der Waals surface area contributed by atoms with Gasteiger partial charge in [0.1, 0.15) is 6.29 Å². The molecule has 0 aliphatic heterocycles. The molecule has 0 rings (SSSR count). The van der Waals surface area contributed by atoms with Gasteiger partial charge < -0.3 is 4.79 Å². The van der Waals surface area contributed by atoms with E-state index in [0.29, 0.717) is 19.3 Å². The molecule has 0 aromatic carbocycles. The summed E-state index contributed by atoms with van der Waals surface area (Å²) in [4.78, 5) is 31.1. The number of nitro groups is 2. The van der Waals surface area contributed by atoms with Crippen LogP contribution in [0.5, 0.6) is 0 Å². The molecule has 0 heterocycles. The third kappa shape index (κ3) is 14.3. The van der Waals surface area contributed by atoms with Crippen molar-refractivity contribution in [3.05, 3.63) is 68.1 Å². The van der Waals surface area contributed by atoms with E-state index in [-0.39, 0.29) is 24.2 Å². The molecule has 7 heteroatoms. The highest BCUT2D eigenvalue weighted by Crippen LogP contribution is 2.11. The van der Waals surface area contributed by atoms with Gasteiger partial charge in [-0.25, -0.2) is 0 Å². The zero-order valence-corrected chi connectivity index (χ0v) is 16.0. The molecule has 0 saturated heterocycles. The first kappa shape index (κ1) is 24.4. The first-order chi connectivity index (χ1) is 13.0. The second kappa shape index (κ2) is 16.9. The Bertz CT molecular complexity index is 577. The number of hydrogen-bond acceptors (Lipinski definition) is 5. The zero-order chi connectivity index (χ0) is 20.3. The number of hydrogen-bond donors (Lipinski definition) is 0. The largest absolute Gasteiger partial charge is 0.303 e. The lowest BCUT2D eigenvalue weighted by molar-refractivity contribution is -0.431. The van der Waals surface area contributed by atoms with E-state index in [1.54, 1.807) is 13.0 Å². The van der Waals surface area contributed by atoms with E-state index in [1.807, 2.05) is 12.2 Å². The van der Waals surface area contributed by atoms with Gasteiger partial charge in [-0.05, 0) is 44.3 Å². The molecule has 0 spiro atoms. The van der Waals surface area contributed by atoms with E-state index >= 15 is 0 Å². The summed E-state index contributed by atoms with van der Waals surface area (Å²) in [7, 11) is 0. The van der Waals surface area contributed by atoms with Crippen LogP contribution in [-0.2, 0) is 4.79 Å². The molecule has 0 saturated carbocycles. The number of unbranched alkanes of at least 4 members (excludes halogenated alkanes) is 5. The Balaban J connectivity index is 4.20. The van der Waals surface area contributed by atoms with E-state index in [1.165, 1.54) is 12.2 Å². The molecule has 0 aliphatic carbocycles. The van der Waals surface area contributed by atoms with Gasteiger partial charge >= 0.3 is 0 Å². The number of carbonyl (C=O) groups is 1. The zero-order valence-electron chi connectivity index (χ0n) is 16.0. The molecule has 27 heavy (non-hydrogen) atoms. The Morgan fingerprint density at radius 1 is 0.778 bits per heavy atom. The Morgan fingerprint density at radius 3 is 1.96 bits per heavy atom. The maximum absolute atomic E-state index is 11.1. The van der Waals surface area contributed by atoms with Gasteiger partial charge in [-0.2, -0.15) is 0 Å². The maximum Gasteiger partial charge on any atom is 0.246 e. The molecule has 0 bridgehead atoms. The van der Waals surface area contributed by atoms with Crippen molar-refractivity contribution in [3.8, 4) is 0 Å². The SMILES string of the molecule is CC/C=C(/C/C=C(/C/C=C/C/C=C/CCCCCCC=O)[N+](=O)[O-])[N+](=O)[O-]. The second-order valence-electron chi connectivity index (χ2n) is 6.06. The monoisotopic (exact) mass is 378 g/mol. The van der Waals surface area contributed by atoms with Gasteiger partial charge in [0, 0.05) is 6.42 Å². The molecule has 0 aromatic rings. The smallest absolute Gasteiger partial charge is 0.246 e. The number of nitrogens with zero attached hydrogens (tertiary/aromatic N) is 2. The number of rotatable bonds is 16. The van der Waals surface area contributed by atoms with Crippen molar-refractivity contribution >= 4 is 6.29 Å². The summed E-state index contributed by atoms with van der Waals surface area (Å²) in [5.41, 5.74) is -0.0515. The van der Waals surface area contributed by atoms with Crippen molar-refractivity contribution in [2.24, 2.45) is 0 Å². The Morgan fingerprint density at radius 2 is 1.37 bits per heavy atom. The van der Waals surface area contributed by atoms with Crippen LogP contribution in [0, 0.1) is 20.2 Å². The molecular formula is C20H30N2O5. The summed E-state index contributed by atoms with van der Waals surface area (Å²) in [6, 6.07) is 0. The lowest BCUT2D eigenvalue weighted by Gasteiger charge is -1.96. The molecule has 150 valence electrons. The standard InChI is InChI=1S/C20H30N2O5/c1-2-14-19(21(24)25)16-17-20(22(26)27)15-12-10-8-6-4-3-5-7-9-11-13-18-23/h4,6,10,12,14,17-18H,2-3,5,7-9,11,13,15-16H2,1H3/b6-4+,12-10+,19-14-,20-17-. The fourth-order valence-electron chi connectivity index (χ4n) is 2.36. The lowest BCUT2D eigenvalue weighted by Crippen LogP contribution is -2.01. The van der Waals surface area contributed by atoms with Crippen molar-refractivity contribution in [1.82, 2.24) is 0 Å². The molecule has 0 amide bonds. The Labute approximate surface area is 160 Å². The topological polar surface area (TPSA) is 103 Å². The summed E-state index contributed by atoms with van der Waals surface area (Å²) in [5, 5.41) is 21.9. The Hall–Kier alpha value is -2.57. The minimum Gasteiger partial charge on any atom is -0.303 e. The highest BCUT2D eigenvalue weighted by Gasteiger charge is 2.13. The molecule has 0 radical (unpaired) electrons. The highest BCUT2D eigenvalue weighted by molar-refractivity contribution is 5.48. The van der Waals surface area contributed by atoms with Crippen LogP contribution in [0.4, 0.5) is 0 Å². The van der Waals surface area contributed by atoms with Gasteiger partial charge in [0.25, 0.3) is 0 Å². The van der Waals surface area contributed by atoms with Crippen LogP contribution in [-0.4, -0.2) is 16.1 Å². The predicted molar refractivity (Wildman–Crippen MR) is 106 cm³/mol. The third-order valence-electron chi connectivity index (χ3n) is 3.83. The molecule has 0 aliphatic rings. The van der Waals surface area contributed by atoms with Crippen LogP contribution in [0.25, 0.3) is 0 Å². The normalized spacial score (nSPS) is 12.8. The minimum atomic E-state index is -0.500. The van der Waals surface area contributed by atoms with Crippen LogP contribution < -0.4 is 0 Å². The number of allylic oxidation sites excluding steroid dienone is 6. The molecule has 0 N–H and O–H groups in total. The first-order valence-corrected chi connectivity index (χ1v) is 9.43. The van der Waals surface area contributed by atoms with Crippen molar-refractivity contribution in [2.45, 2.75) is 71.1 Å². The molecule has 0 atom stereocenters. The van der Waals surface area contributed by atoms with E-state index in [4.69, 9.17) is 0 Å². The van der Waals surface area contributed by atoms with Crippen LogP contribution in [0.15, 0.2) is 47.9 Å². The third-order valence-corrected chi connectivity index (χ3v) is 3.83. The predicted octanol–water partition coefficient (Wildman–Crippen LogP) is 5.54. The fraction of sp³-hybridized carbons (Fsp3) is 0.550. The Kier molecular flexibility index (Phi) is 15.3. The number of carbonyl (C=O) groups excluding carboxylic acids is 1. The van der Waals surface area contributed by atoms with Gasteiger partial charge in [0.15, 0.2) is 0 Å². The van der Waals surface area contributed by atoms with Gasteiger partial charge in [-0.1, -0.05) is 44.1 Å². The summed E-state index contributed by atoms with van der Waals surface area (Å²) >= 11 is 0. The van der Waals surface area contributed by atoms with Gasteiger partial charge in [-0.15, -0.1) is 0 Å². The summed E-state index contributed by atoms with van der Waals surface area (Å²) in [5.74, 6) is 0. The molecule has 0 fully saturated rings. The quantitative estimate of drug-likeness (QED) is 0.115. The maximum atomic E-state index is 11.1. The average molecular weight is 378 g/mol. The van der Waals surface area contributed by atoms with Gasteiger partial charge in [0.05, 0.1) is 22.7 Å². The van der Waals surface area contributed by atoms with Crippen LogP contribution in [0.3, 0.4) is 0 Å². The van der Waals surface area contributed by atoms with Crippen molar-refractivity contribution < 1.29 is 14.6 Å². The molecule has 0 unspecified atom stereocenters. The first-order valence-electron chi connectivity index (χ1n) is 9.43. The summed E-state index contributed by atoms with van der Waals surface area (Å²) < 4.78 is 0. The van der Waals surface area contributed by atoms with E-state index in [2.05, 4.69) is 6.08 Å². The van der Waals surface area contributed by atoms with Crippen LogP contribution in [0.2, 0.25) is 0 Å². The van der Waals surface area contributed by atoms with Crippen molar-refractivity contribution in [2.75, 3.05) is 0 Å². The summed E-state index contributed by atoms with van der Waals surface area (Å²) in [6.45, 7) is 1.78. The fourth-order valence-corrected chi connectivity index (χ4v) is 2.36. The van der Waals surface area contributed by atoms with E-state index in [9.17, 15) is 25.0 Å². The average Bonchev–Trinajstić information content (AvgIpc) is 2.63. The number of aldehydes is 1. The van der Waals surface area contributed by atoms with E-state index in [0.717, 1.165) is 38.4 Å². The van der Waals surface area contributed by atoms with Gasteiger partial charge in [0.2, 0.25) is 11.4 Å². The van der Waals surface area contributed by atoms with Crippen LogP contribution >= 0.6 is 0 Å². The molecule has 0 aromatic heterocycles. The highest BCUT2D eigenvalue weighted by atomic mass is 16.6. The molecule has 7 nitrogen and oxygen atoms in total. The van der Waals surface area contributed by atoms with Gasteiger partial charge in [-0.3, -0.25) is 20.2 Å². The van der Waals surface area contributed by atoms with E-state index < -0.39 is 9.85 Å². The van der Waals surface area contributed by atoms with Crippen LogP contribution in [0.1, 0.15) is 71.1 Å². The van der Waals surface area contributed by atoms with Crippen molar-refractivity contribution in [3.63, 3.8) is 0 Å². The second-order valence-corrected chi connectivity index (χ2v) is 6.06. The summed E-state index contributed by atoms with van der Waals surface area (Å²) in [6.07, 6.45) is 18.6. The lowest BCUT2D eigenvalue weighted by atomic mass is 10.1. The van der Waals surface area contributed by atoms with Crippen molar-refractivity contribution in [1.29, 1.82) is 0 Å². The minimum absolute atomic E-state index is 0.0186.